The Morgan fingerprint density at radius 2 is 1.91 bits per heavy atom. The summed E-state index contributed by atoms with van der Waals surface area (Å²) < 4.78 is 0. The molecule has 8 nitrogen and oxygen atoms in total. The summed E-state index contributed by atoms with van der Waals surface area (Å²) in [7, 11) is 0. The minimum absolute atomic E-state index is 0.0248. The number of rotatable bonds is 4. The first-order valence-electron chi connectivity index (χ1n) is 10.8. The van der Waals surface area contributed by atoms with Gasteiger partial charge >= 0.3 is 0 Å². The number of anilines is 2. The van der Waals surface area contributed by atoms with Crippen molar-refractivity contribution >= 4 is 46.6 Å². The molecule has 3 aliphatic rings. The van der Waals surface area contributed by atoms with E-state index in [-0.39, 0.29) is 18.7 Å². The zero-order chi connectivity index (χ0) is 23.7. The highest BCUT2D eigenvalue weighted by molar-refractivity contribution is 6.32. The number of hydrogen-bond acceptors (Lipinski definition) is 5. The summed E-state index contributed by atoms with van der Waals surface area (Å²) >= 11 is 6.28. The summed E-state index contributed by atoms with van der Waals surface area (Å²) in [6.07, 6.45) is 0.255. The Kier molecular flexibility index (Phi) is 4.84. The van der Waals surface area contributed by atoms with Gasteiger partial charge < -0.3 is 11.1 Å². The molecular weight excluding hydrogens is 444 g/mol. The maximum atomic E-state index is 13.8. The van der Waals surface area contributed by atoms with E-state index in [0.717, 1.165) is 5.56 Å². The fraction of sp³-hybridized carbons (Fsp3) is 0.333. The van der Waals surface area contributed by atoms with Gasteiger partial charge in [-0.1, -0.05) is 29.8 Å². The van der Waals surface area contributed by atoms with Gasteiger partial charge in [-0.25, -0.2) is 4.90 Å². The molecule has 0 radical (unpaired) electrons. The molecule has 3 aliphatic heterocycles. The molecule has 0 saturated carbocycles. The number of primary amides is 1. The zero-order valence-corrected chi connectivity index (χ0v) is 18.9. The number of aryl methyl sites for hydroxylation is 1. The molecule has 0 unspecified atom stereocenters. The molecule has 5 rings (SSSR count). The number of hydrogen-bond donors (Lipinski definition) is 3. The SMILES string of the molecule is Cc1cccc(N2C(=O)[C@@H]3[C@H](CCC(N)=O)N[C@]4(C(=O)Nc5c4ccc(Cl)c5C)[C@@H]3C2=O)c1. The summed E-state index contributed by atoms with van der Waals surface area (Å²) in [5.41, 5.74) is 7.11. The number of nitrogens with two attached hydrogens (primary N) is 1. The van der Waals surface area contributed by atoms with Crippen molar-refractivity contribution in [3.63, 3.8) is 0 Å². The Balaban J connectivity index is 1.67. The number of benzene rings is 2. The van der Waals surface area contributed by atoms with Gasteiger partial charge in [-0.3, -0.25) is 24.5 Å². The van der Waals surface area contributed by atoms with Crippen LogP contribution in [0.1, 0.15) is 29.5 Å². The van der Waals surface area contributed by atoms with Crippen molar-refractivity contribution in [2.24, 2.45) is 17.6 Å². The number of halogens is 1. The van der Waals surface area contributed by atoms with Gasteiger partial charge in [-0.2, -0.15) is 0 Å². The molecule has 0 bridgehead atoms. The second kappa shape index (κ2) is 7.40. The summed E-state index contributed by atoms with van der Waals surface area (Å²) in [5.74, 6) is -3.54. The molecular formula is C24H23ClN4O4. The quantitative estimate of drug-likeness (QED) is 0.596. The monoisotopic (exact) mass is 466 g/mol. The number of carbonyl (C=O) groups is 4. The van der Waals surface area contributed by atoms with E-state index in [2.05, 4.69) is 10.6 Å². The van der Waals surface area contributed by atoms with Crippen molar-refractivity contribution in [3.05, 3.63) is 58.1 Å². The molecule has 9 heteroatoms. The predicted molar refractivity (Wildman–Crippen MR) is 123 cm³/mol. The Labute approximate surface area is 195 Å². The molecule has 2 aromatic carbocycles. The number of carbonyl (C=O) groups excluding carboxylic acids is 4. The van der Waals surface area contributed by atoms with Gasteiger partial charge in [-0.05, 0) is 49.6 Å². The average Bonchev–Trinajstić information content (AvgIpc) is 3.34. The molecule has 170 valence electrons. The van der Waals surface area contributed by atoms with E-state index in [9.17, 15) is 19.2 Å². The minimum atomic E-state index is -1.44. The number of fused-ring (bicyclic) bond motifs is 4. The molecule has 4 atom stereocenters. The Morgan fingerprint density at radius 1 is 1.15 bits per heavy atom. The second-order valence-corrected chi connectivity index (χ2v) is 9.37. The lowest BCUT2D eigenvalue weighted by molar-refractivity contribution is -0.130. The van der Waals surface area contributed by atoms with Crippen LogP contribution in [0.4, 0.5) is 11.4 Å². The van der Waals surface area contributed by atoms with Crippen LogP contribution in [-0.2, 0) is 24.7 Å². The molecule has 2 fully saturated rings. The first-order valence-corrected chi connectivity index (χ1v) is 11.2. The highest BCUT2D eigenvalue weighted by Gasteiger charge is 2.70. The zero-order valence-electron chi connectivity index (χ0n) is 18.1. The summed E-state index contributed by atoms with van der Waals surface area (Å²) in [6.45, 7) is 3.67. The highest BCUT2D eigenvalue weighted by Crippen LogP contribution is 2.55. The van der Waals surface area contributed by atoms with Crippen LogP contribution in [0.2, 0.25) is 5.02 Å². The maximum Gasteiger partial charge on any atom is 0.250 e. The van der Waals surface area contributed by atoms with Crippen LogP contribution in [0.3, 0.4) is 0 Å². The van der Waals surface area contributed by atoms with Gasteiger partial charge in [0.05, 0.1) is 23.2 Å². The van der Waals surface area contributed by atoms with Crippen molar-refractivity contribution in [1.82, 2.24) is 5.32 Å². The van der Waals surface area contributed by atoms with E-state index in [0.29, 0.717) is 27.5 Å². The van der Waals surface area contributed by atoms with Crippen molar-refractivity contribution < 1.29 is 19.2 Å². The van der Waals surface area contributed by atoms with Gasteiger partial charge in [0.2, 0.25) is 23.6 Å². The fourth-order valence-corrected chi connectivity index (χ4v) is 5.71. The van der Waals surface area contributed by atoms with Gasteiger partial charge in [0.15, 0.2) is 0 Å². The lowest BCUT2D eigenvalue weighted by atomic mass is 9.76. The van der Waals surface area contributed by atoms with E-state index < -0.39 is 41.1 Å². The third-order valence-corrected chi connectivity index (χ3v) is 7.46. The van der Waals surface area contributed by atoms with E-state index in [1.54, 1.807) is 37.3 Å². The number of amides is 4. The van der Waals surface area contributed by atoms with Crippen LogP contribution in [-0.4, -0.2) is 29.7 Å². The van der Waals surface area contributed by atoms with Gasteiger partial charge in [-0.15, -0.1) is 0 Å². The number of imide groups is 1. The van der Waals surface area contributed by atoms with E-state index in [1.807, 2.05) is 13.0 Å². The van der Waals surface area contributed by atoms with Crippen LogP contribution in [0.15, 0.2) is 36.4 Å². The summed E-state index contributed by atoms with van der Waals surface area (Å²) in [6, 6.07) is 9.95. The number of nitrogens with zero attached hydrogens (tertiary/aromatic N) is 1. The molecule has 33 heavy (non-hydrogen) atoms. The summed E-state index contributed by atoms with van der Waals surface area (Å²) in [4.78, 5) is 53.7. The van der Waals surface area contributed by atoms with Crippen LogP contribution in [0.5, 0.6) is 0 Å². The van der Waals surface area contributed by atoms with Crippen LogP contribution >= 0.6 is 11.6 Å². The largest absolute Gasteiger partial charge is 0.370 e. The molecule has 4 amide bonds. The second-order valence-electron chi connectivity index (χ2n) is 8.97. The smallest absolute Gasteiger partial charge is 0.250 e. The molecule has 0 aromatic heterocycles. The number of nitrogens with one attached hydrogen (secondary N) is 2. The van der Waals surface area contributed by atoms with Crippen molar-refractivity contribution in [2.45, 2.75) is 38.3 Å². The predicted octanol–water partition coefficient (Wildman–Crippen LogP) is 2.15. The van der Waals surface area contributed by atoms with Gasteiger partial charge in [0.1, 0.15) is 5.54 Å². The minimum Gasteiger partial charge on any atom is -0.370 e. The van der Waals surface area contributed by atoms with Crippen molar-refractivity contribution in [1.29, 1.82) is 0 Å². The lowest BCUT2D eigenvalue weighted by Crippen LogP contribution is -2.53. The van der Waals surface area contributed by atoms with Crippen molar-refractivity contribution in [3.8, 4) is 0 Å². The van der Waals surface area contributed by atoms with Gasteiger partial charge in [0.25, 0.3) is 0 Å². The van der Waals surface area contributed by atoms with Crippen molar-refractivity contribution in [2.75, 3.05) is 10.2 Å². The average molecular weight is 467 g/mol. The molecule has 3 heterocycles. The Hall–Kier alpha value is -3.23. The van der Waals surface area contributed by atoms with Crippen LogP contribution in [0, 0.1) is 25.7 Å². The first-order chi connectivity index (χ1) is 15.7. The normalized spacial score (nSPS) is 27.8. The molecule has 0 aliphatic carbocycles. The third-order valence-electron chi connectivity index (χ3n) is 7.05. The fourth-order valence-electron chi connectivity index (χ4n) is 5.56. The Morgan fingerprint density at radius 3 is 2.61 bits per heavy atom. The van der Waals surface area contributed by atoms with E-state index in [1.165, 1.54) is 4.90 Å². The van der Waals surface area contributed by atoms with Crippen LogP contribution < -0.4 is 21.3 Å². The maximum absolute atomic E-state index is 13.8. The highest BCUT2D eigenvalue weighted by atomic mass is 35.5. The Bertz CT molecular complexity index is 1240. The van der Waals surface area contributed by atoms with Crippen LogP contribution in [0.25, 0.3) is 0 Å². The molecule has 2 saturated heterocycles. The van der Waals surface area contributed by atoms with E-state index >= 15 is 0 Å². The molecule has 4 N–H and O–H groups in total. The standard InChI is InChI=1S/C24H23ClN4O4/c1-11-4-3-5-13(10-11)29-21(31)18-16(8-9-17(26)30)28-24(19(18)22(29)32)14-6-7-15(25)12(2)20(14)27-23(24)33/h3-7,10,16,18-19,28H,8-9H2,1-2H3,(H2,26,30)(H,27,33)/t16-,18+,19-,24-/m0/s1. The topological polar surface area (TPSA) is 122 Å². The molecule has 1 spiro atoms. The first kappa shape index (κ1) is 21.6. The lowest BCUT2D eigenvalue weighted by Gasteiger charge is -2.29. The van der Waals surface area contributed by atoms with Gasteiger partial charge in [0, 0.05) is 23.0 Å². The van der Waals surface area contributed by atoms with E-state index in [4.69, 9.17) is 17.3 Å². The molecule has 2 aromatic rings. The third kappa shape index (κ3) is 2.94. The summed E-state index contributed by atoms with van der Waals surface area (Å²) in [5, 5.41) is 6.65.